The highest BCUT2D eigenvalue weighted by atomic mass is 16.5. The topological polar surface area (TPSA) is 68.0 Å². The smallest absolute Gasteiger partial charge is 0.259 e. The molecular weight excluding hydrogens is 290 g/mol. The molecule has 0 unspecified atom stereocenters. The van der Waals surface area contributed by atoms with E-state index in [9.17, 15) is 4.79 Å². The fourth-order valence-corrected chi connectivity index (χ4v) is 2.49. The van der Waals surface area contributed by atoms with E-state index >= 15 is 0 Å². The average molecular weight is 309 g/mol. The van der Waals surface area contributed by atoms with Crippen LogP contribution >= 0.6 is 0 Å². The Hall–Kier alpha value is -2.69. The number of anilines is 1. The summed E-state index contributed by atoms with van der Waals surface area (Å²) in [4.78, 5) is 17.3. The number of benzene rings is 1. The fraction of sp³-hybridized carbons (Fsp3) is 0.278. The molecule has 1 aromatic carbocycles. The molecule has 5 nitrogen and oxygen atoms in total. The van der Waals surface area contributed by atoms with Gasteiger partial charge in [0.05, 0.1) is 16.6 Å². The van der Waals surface area contributed by atoms with Gasteiger partial charge in [-0.2, -0.15) is 0 Å². The Labute approximate surface area is 134 Å². The van der Waals surface area contributed by atoms with Gasteiger partial charge in [0.1, 0.15) is 0 Å². The molecule has 0 saturated heterocycles. The van der Waals surface area contributed by atoms with Crippen LogP contribution in [0.15, 0.2) is 34.9 Å². The zero-order chi connectivity index (χ0) is 16.6. The monoisotopic (exact) mass is 309 g/mol. The minimum Gasteiger partial charge on any atom is -0.336 e. The zero-order valence-electron chi connectivity index (χ0n) is 13.7. The quantitative estimate of drug-likeness (QED) is 0.786. The summed E-state index contributed by atoms with van der Waals surface area (Å²) in [6.45, 7) is 7.83. The van der Waals surface area contributed by atoms with Crippen LogP contribution in [0.5, 0.6) is 0 Å². The van der Waals surface area contributed by atoms with Gasteiger partial charge in [-0.25, -0.2) is 4.98 Å². The largest absolute Gasteiger partial charge is 0.336 e. The second kappa shape index (κ2) is 5.83. The standard InChI is InChI=1S/C18H19N3O2/c1-10(2)15-9-13(16-12(4)21-23-18(16)20-15)17(22)19-14-8-6-5-7-11(14)3/h5-10H,1-4H3,(H,19,22). The molecule has 0 spiro atoms. The molecule has 0 aliphatic carbocycles. The second-order valence-electron chi connectivity index (χ2n) is 5.97. The SMILES string of the molecule is Cc1ccccc1NC(=O)c1cc(C(C)C)nc2onc(C)c12. The van der Waals surface area contributed by atoms with Crippen molar-refractivity contribution in [3.8, 4) is 0 Å². The van der Waals surface area contributed by atoms with Crippen molar-refractivity contribution in [3.05, 3.63) is 52.8 Å². The number of hydrogen-bond acceptors (Lipinski definition) is 4. The third-order valence-electron chi connectivity index (χ3n) is 3.87. The Morgan fingerprint density at radius 1 is 1.22 bits per heavy atom. The molecule has 3 aromatic rings. The van der Waals surface area contributed by atoms with Gasteiger partial charge >= 0.3 is 0 Å². The van der Waals surface area contributed by atoms with Crippen molar-refractivity contribution in [1.82, 2.24) is 10.1 Å². The summed E-state index contributed by atoms with van der Waals surface area (Å²) in [7, 11) is 0. The van der Waals surface area contributed by atoms with Crippen LogP contribution in [-0.2, 0) is 0 Å². The minimum atomic E-state index is -0.181. The lowest BCUT2D eigenvalue weighted by molar-refractivity contribution is 0.102. The predicted octanol–water partition coefficient (Wildman–Crippen LogP) is 4.22. The summed E-state index contributed by atoms with van der Waals surface area (Å²) in [5.41, 5.74) is 4.23. The molecule has 0 radical (unpaired) electrons. The molecule has 0 aliphatic rings. The van der Waals surface area contributed by atoms with Gasteiger partial charge in [0.25, 0.3) is 11.6 Å². The van der Waals surface area contributed by atoms with E-state index in [4.69, 9.17) is 4.52 Å². The molecule has 0 saturated carbocycles. The van der Waals surface area contributed by atoms with Crippen molar-refractivity contribution < 1.29 is 9.32 Å². The number of nitrogens with zero attached hydrogens (tertiary/aromatic N) is 2. The number of pyridine rings is 1. The van der Waals surface area contributed by atoms with E-state index in [1.54, 1.807) is 0 Å². The van der Waals surface area contributed by atoms with Gasteiger partial charge in [-0.05, 0) is 37.5 Å². The van der Waals surface area contributed by atoms with Gasteiger partial charge < -0.3 is 9.84 Å². The second-order valence-corrected chi connectivity index (χ2v) is 5.97. The van der Waals surface area contributed by atoms with E-state index in [0.717, 1.165) is 16.9 Å². The summed E-state index contributed by atoms with van der Waals surface area (Å²) in [6, 6.07) is 9.51. The number of hydrogen-bond donors (Lipinski definition) is 1. The van der Waals surface area contributed by atoms with Crippen LogP contribution < -0.4 is 5.32 Å². The third kappa shape index (κ3) is 2.82. The van der Waals surface area contributed by atoms with Crippen molar-refractivity contribution >= 4 is 22.7 Å². The van der Waals surface area contributed by atoms with E-state index in [0.29, 0.717) is 22.4 Å². The lowest BCUT2D eigenvalue weighted by Crippen LogP contribution is -2.14. The molecule has 0 aliphatic heterocycles. The molecule has 3 rings (SSSR count). The summed E-state index contributed by atoms with van der Waals surface area (Å²) in [5, 5.41) is 7.58. The number of aryl methyl sites for hydroxylation is 2. The molecule has 118 valence electrons. The highest BCUT2D eigenvalue weighted by molar-refractivity contribution is 6.12. The number of fused-ring (bicyclic) bond motifs is 1. The summed E-state index contributed by atoms with van der Waals surface area (Å²) in [5.74, 6) is 0.00900. The van der Waals surface area contributed by atoms with E-state index < -0.39 is 0 Å². The molecule has 2 aromatic heterocycles. The molecule has 0 bridgehead atoms. The summed E-state index contributed by atoms with van der Waals surface area (Å²) < 4.78 is 5.26. The number of carbonyl (C=O) groups excluding carboxylic acids is 1. The first-order valence-corrected chi connectivity index (χ1v) is 7.61. The number of para-hydroxylation sites is 1. The minimum absolute atomic E-state index is 0.181. The van der Waals surface area contributed by atoms with E-state index in [1.807, 2.05) is 58.0 Å². The lowest BCUT2D eigenvalue weighted by atomic mass is 10.0. The third-order valence-corrected chi connectivity index (χ3v) is 3.87. The highest BCUT2D eigenvalue weighted by Gasteiger charge is 2.20. The lowest BCUT2D eigenvalue weighted by Gasteiger charge is -2.11. The average Bonchev–Trinajstić information content (AvgIpc) is 2.90. The summed E-state index contributed by atoms with van der Waals surface area (Å²) >= 11 is 0. The van der Waals surface area contributed by atoms with Crippen molar-refractivity contribution in [1.29, 1.82) is 0 Å². The number of amides is 1. The molecule has 0 atom stereocenters. The van der Waals surface area contributed by atoms with Gasteiger partial charge in [0.15, 0.2) is 0 Å². The Morgan fingerprint density at radius 3 is 2.65 bits per heavy atom. The Kier molecular flexibility index (Phi) is 3.86. The fourth-order valence-electron chi connectivity index (χ4n) is 2.49. The number of rotatable bonds is 3. The van der Waals surface area contributed by atoms with E-state index in [1.165, 1.54) is 0 Å². The van der Waals surface area contributed by atoms with E-state index in [2.05, 4.69) is 15.5 Å². The first kappa shape index (κ1) is 15.2. The Bertz CT molecular complexity index is 881. The van der Waals surface area contributed by atoms with Crippen LogP contribution in [0.3, 0.4) is 0 Å². The van der Waals surface area contributed by atoms with Crippen LogP contribution in [-0.4, -0.2) is 16.0 Å². The van der Waals surface area contributed by atoms with Gasteiger partial charge in [0.2, 0.25) is 0 Å². The van der Waals surface area contributed by atoms with Gasteiger partial charge in [-0.1, -0.05) is 37.2 Å². The molecular formula is C18H19N3O2. The normalized spacial score (nSPS) is 11.2. The molecule has 0 fully saturated rings. The zero-order valence-corrected chi connectivity index (χ0v) is 13.7. The first-order valence-electron chi connectivity index (χ1n) is 7.61. The van der Waals surface area contributed by atoms with Crippen molar-refractivity contribution in [2.45, 2.75) is 33.6 Å². The maximum atomic E-state index is 12.8. The van der Waals surface area contributed by atoms with Gasteiger partial charge in [0, 0.05) is 11.4 Å². The van der Waals surface area contributed by atoms with Crippen LogP contribution in [0.1, 0.15) is 47.1 Å². The maximum absolute atomic E-state index is 12.8. The number of nitrogens with one attached hydrogen (secondary N) is 1. The van der Waals surface area contributed by atoms with Crippen molar-refractivity contribution in [3.63, 3.8) is 0 Å². The maximum Gasteiger partial charge on any atom is 0.259 e. The molecule has 23 heavy (non-hydrogen) atoms. The first-order chi connectivity index (χ1) is 11.0. The van der Waals surface area contributed by atoms with Gasteiger partial charge in [-0.15, -0.1) is 0 Å². The van der Waals surface area contributed by atoms with Crippen LogP contribution in [0.25, 0.3) is 11.1 Å². The van der Waals surface area contributed by atoms with E-state index in [-0.39, 0.29) is 11.8 Å². The molecule has 1 amide bonds. The molecule has 2 heterocycles. The van der Waals surface area contributed by atoms with Crippen molar-refractivity contribution in [2.24, 2.45) is 0 Å². The van der Waals surface area contributed by atoms with Gasteiger partial charge in [-0.3, -0.25) is 4.79 Å². The summed E-state index contributed by atoms with van der Waals surface area (Å²) in [6.07, 6.45) is 0. The number of aromatic nitrogens is 2. The Balaban J connectivity index is 2.09. The van der Waals surface area contributed by atoms with Crippen LogP contribution in [0.4, 0.5) is 5.69 Å². The number of carbonyl (C=O) groups is 1. The Morgan fingerprint density at radius 2 is 1.96 bits per heavy atom. The van der Waals surface area contributed by atoms with Crippen LogP contribution in [0, 0.1) is 13.8 Å². The van der Waals surface area contributed by atoms with Crippen molar-refractivity contribution in [2.75, 3.05) is 5.32 Å². The molecule has 5 heteroatoms. The predicted molar refractivity (Wildman–Crippen MR) is 89.8 cm³/mol. The molecule has 1 N–H and O–H groups in total. The van der Waals surface area contributed by atoms with Crippen LogP contribution in [0.2, 0.25) is 0 Å². The highest BCUT2D eigenvalue weighted by Crippen LogP contribution is 2.26.